The number of primary sulfonamides is 1. The quantitative estimate of drug-likeness (QED) is 0.802. The second-order valence-electron chi connectivity index (χ2n) is 2.91. The summed E-state index contributed by atoms with van der Waals surface area (Å²) in [6.07, 6.45) is -4.98. The van der Waals surface area contributed by atoms with E-state index in [-0.39, 0.29) is 10.2 Å². The van der Waals surface area contributed by atoms with Crippen LogP contribution < -0.4 is 15.6 Å². The summed E-state index contributed by atoms with van der Waals surface area (Å²) in [6, 6.07) is 1.58. The zero-order valence-corrected chi connectivity index (χ0v) is 10.4. The Bertz CT molecular complexity index is 544. The van der Waals surface area contributed by atoms with E-state index >= 15 is 0 Å². The molecule has 0 heterocycles. The van der Waals surface area contributed by atoms with Gasteiger partial charge >= 0.3 is 6.36 Å². The molecule has 0 saturated carbocycles. The number of alkyl halides is 3. The van der Waals surface area contributed by atoms with E-state index in [1.54, 1.807) is 0 Å². The van der Waals surface area contributed by atoms with Gasteiger partial charge in [0.1, 0.15) is 0 Å². The highest BCUT2D eigenvalue weighted by molar-refractivity contribution is 9.10. The van der Waals surface area contributed by atoms with Crippen molar-refractivity contribution in [1.29, 1.82) is 0 Å². The molecular weight excluding hydrogens is 329 g/mol. The van der Waals surface area contributed by atoms with Crippen molar-refractivity contribution in [2.75, 3.05) is 5.73 Å². The Balaban J connectivity index is 3.36. The molecule has 1 rings (SSSR count). The predicted octanol–water partition coefficient (Wildman–Crippen LogP) is 1.58. The van der Waals surface area contributed by atoms with Crippen molar-refractivity contribution in [3.8, 4) is 5.75 Å². The molecule has 96 valence electrons. The van der Waals surface area contributed by atoms with Crippen molar-refractivity contribution in [2.45, 2.75) is 11.3 Å². The molecule has 0 saturated heterocycles. The molecule has 0 amide bonds. The van der Waals surface area contributed by atoms with E-state index in [9.17, 15) is 21.6 Å². The molecule has 0 bridgehead atoms. The van der Waals surface area contributed by atoms with Crippen LogP contribution in [0.5, 0.6) is 5.75 Å². The van der Waals surface area contributed by atoms with Crippen molar-refractivity contribution in [3.63, 3.8) is 0 Å². The average Bonchev–Trinajstić information content (AvgIpc) is 2.08. The minimum Gasteiger partial charge on any atom is -0.403 e. The Labute approximate surface area is 103 Å². The fourth-order valence-electron chi connectivity index (χ4n) is 0.942. The van der Waals surface area contributed by atoms with Gasteiger partial charge in [-0.15, -0.1) is 13.2 Å². The van der Waals surface area contributed by atoms with Crippen molar-refractivity contribution in [3.05, 3.63) is 16.6 Å². The summed E-state index contributed by atoms with van der Waals surface area (Å²) in [5.74, 6) is -0.837. The number of hydrogen-bond acceptors (Lipinski definition) is 4. The monoisotopic (exact) mass is 334 g/mol. The number of sulfonamides is 1. The van der Waals surface area contributed by atoms with Crippen LogP contribution in [0, 0.1) is 0 Å². The van der Waals surface area contributed by atoms with Crippen LogP contribution in [0.1, 0.15) is 0 Å². The predicted molar refractivity (Wildman–Crippen MR) is 56.6 cm³/mol. The molecule has 0 unspecified atom stereocenters. The van der Waals surface area contributed by atoms with E-state index in [2.05, 4.69) is 20.7 Å². The highest BCUT2D eigenvalue weighted by atomic mass is 79.9. The lowest BCUT2D eigenvalue weighted by atomic mass is 10.3. The van der Waals surface area contributed by atoms with E-state index in [4.69, 9.17) is 10.9 Å². The first-order valence-electron chi connectivity index (χ1n) is 3.88. The molecular formula is C7H6BrF3N2O3S. The molecule has 0 aliphatic heterocycles. The van der Waals surface area contributed by atoms with Gasteiger partial charge in [-0.05, 0) is 22.0 Å². The summed E-state index contributed by atoms with van der Waals surface area (Å²) in [6.45, 7) is 0. The third-order valence-electron chi connectivity index (χ3n) is 1.62. The number of halogens is 4. The standard InChI is InChI=1S/C7H6BrF3N2O3S/c8-4-1-3(17(13,14)15)2-5(6(4)12)16-7(9,10)11/h1-2H,12H2,(H2,13,14,15). The minimum absolute atomic E-state index is 0.0664. The molecule has 0 aromatic heterocycles. The Morgan fingerprint density at radius 3 is 2.24 bits per heavy atom. The molecule has 1 aromatic rings. The molecule has 10 heteroatoms. The SMILES string of the molecule is Nc1c(Br)cc(S(N)(=O)=O)cc1OC(F)(F)F. The van der Waals surface area contributed by atoms with E-state index < -0.39 is 27.0 Å². The Morgan fingerprint density at radius 1 is 1.29 bits per heavy atom. The number of ether oxygens (including phenoxy) is 1. The molecule has 0 aliphatic carbocycles. The second-order valence-corrected chi connectivity index (χ2v) is 5.33. The van der Waals surface area contributed by atoms with Crippen LogP contribution in [-0.4, -0.2) is 14.8 Å². The van der Waals surface area contributed by atoms with Gasteiger partial charge in [-0.2, -0.15) is 0 Å². The summed E-state index contributed by atoms with van der Waals surface area (Å²) in [7, 11) is -4.15. The first-order chi connectivity index (χ1) is 7.50. The zero-order valence-electron chi connectivity index (χ0n) is 7.95. The third kappa shape index (κ3) is 3.75. The van der Waals surface area contributed by atoms with Crippen LogP contribution in [0.25, 0.3) is 0 Å². The molecule has 0 fully saturated rings. The van der Waals surface area contributed by atoms with Crippen LogP contribution in [0.2, 0.25) is 0 Å². The lowest BCUT2D eigenvalue weighted by Gasteiger charge is -2.13. The normalized spacial score (nSPS) is 12.5. The molecule has 0 aliphatic rings. The van der Waals surface area contributed by atoms with Crippen molar-refractivity contribution >= 4 is 31.6 Å². The average molecular weight is 335 g/mol. The van der Waals surface area contributed by atoms with Crippen LogP contribution in [0.4, 0.5) is 18.9 Å². The Kier molecular flexibility index (Phi) is 3.60. The van der Waals surface area contributed by atoms with E-state index in [1.165, 1.54) is 0 Å². The molecule has 5 nitrogen and oxygen atoms in total. The second kappa shape index (κ2) is 4.35. The summed E-state index contributed by atoms with van der Waals surface area (Å²) >= 11 is 2.80. The first-order valence-corrected chi connectivity index (χ1v) is 6.22. The lowest BCUT2D eigenvalue weighted by Crippen LogP contribution is -2.19. The molecule has 1 aromatic carbocycles. The number of anilines is 1. The minimum atomic E-state index is -4.98. The topological polar surface area (TPSA) is 95.4 Å². The maximum absolute atomic E-state index is 12.0. The number of rotatable bonds is 2. The molecule has 0 atom stereocenters. The molecule has 17 heavy (non-hydrogen) atoms. The first kappa shape index (κ1) is 14.1. The van der Waals surface area contributed by atoms with Crippen LogP contribution in [0.15, 0.2) is 21.5 Å². The smallest absolute Gasteiger partial charge is 0.403 e. The summed E-state index contributed by atoms with van der Waals surface area (Å²) in [5.41, 5.74) is 4.91. The van der Waals surface area contributed by atoms with E-state index in [0.29, 0.717) is 6.07 Å². The largest absolute Gasteiger partial charge is 0.573 e. The Hall–Kier alpha value is -1.00. The lowest BCUT2D eigenvalue weighted by molar-refractivity contribution is -0.274. The van der Waals surface area contributed by atoms with E-state index in [0.717, 1.165) is 6.07 Å². The molecule has 4 N–H and O–H groups in total. The fraction of sp³-hybridized carbons (Fsp3) is 0.143. The van der Waals surface area contributed by atoms with Gasteiger partial charge in [-0.1, -0.05) is 0 Å². The van der Waals surface area contributed by atoms with Crippen molar-refractivity contribution < 1.29 is 26.3 Å². The molecule has 0 radical (unpaired) electrons. The fourth-order valence-corrected chi connectivity index (χ4v) is 2.09. The van der Waals surface area contributed by atoms with Gasteiger partial charge in [0.2, 0.25) is 10.0 Å². The maximum atomic E-state index is 12.0. The summed E-state index contributed by atoms with van der Waals surface area (Å²) < 4.78 is 61.5. The van der Waals surface area contributed by atoms with Crippen LogP contribution in [-0.2, 0) is 10.0 Å². The van der Waals surface area contributed by atoms with Crippen molar-refractivity contribution in [1.82, 2.24) is 0 Å². The van der Waals surface area contributed by atoms with Gasteiger partial charge in [0.15, 0.2) is 5.75 Å². The van der Waals surface area contributed by atoms with Crippen LogP contribution >= 0.6 is 15.9 Å². The van der Waals surface area contributed by atoms with E-state index in [1.807, 2.05) is 0 Å². The Morgan fingerprint density at radius 2 is 1.82 bits per heavy atom. The number of nitrogen functional groups attached to an aromatic ring is 1. The number of nitrogens with two attached hydrogens (primary N) is 2. The van der Waals surface area contributed by atoms with Crippen LogP contribution in [0.3, 0.4) is 0 Å². The highest BCUT2D eigenvalue weighted by Gasteiger charge is 2.33. The molecule has 0 spiro atoms. The summed E-state index contributed by atoms with van der Waals surface area (Å²) in [4.78, 5) is -0.544. The van der Waals surface area contributed by atoms with Gasteiger partial charge in [0.25, 0.3) is 0 Å². The number of hydrogen-bond donors (Lipinski definition) is 2. The third-order valence-corrected chi connectivity index (χ3v) is 3.17. The maximum Gasteiger partial charge on any atom is 0.573 e. The van der Waals surface area contributed by atoms with Gasteiger partial charge < -0.3 is 10.5 Å². The highest BCUT2D eigenvalue weighted by Crippen LogP contribution is 2.35. The summed E-state index contributed by atoms with van der Waals surface area (Å²) in [5, 5.41) is 4.78. The van der Waals surface area contributed by atoms with Gasteiger partial charge in [0, 0.05) is 10.5 Å². The van der Waals surface area contributed by atoms with Gasteiger partial charge in [-0.25, -0.2) is 13.6 Å². The van der Waals surface area contributed by atoms with Gasteiger partial charge in [-0.3, -0.25) is 0 Å². The number of benzene rings is 1. The van der Waals surface area contributed by atoms with Gasteiger partial charge in [0.05, 0.1) is 10.6 Å². The van der Waals surface area contributed by atoms with Crippen molar-refractivity contribution in [2.24, 2.45) is 5.14 Å². The zero-order chi connectivity index (χ0) is 13.4.